The van der Waals surface area contributed by atoms with Crippen molar-refractivity contribution < 1.29 is 4.79 Å². The standard InChI is InChI=1S/C20H24N4O/c1-14-7-5-8-15(2)19(14)22-18(25)13-23(4)11-17-12-24-10-6-9-16(3)20(24)21-17/h5-10,12H,11,13H2,1-4H3,(H,22,25). The maximum atomic E-state index is 12.4. The van der Waals surface area contributed by atoms with Gasteiger partial charge in [0.15, 0.2) is 0 Å². The minimum Gasteiger partial charge on any atom is -0.324 e. The van der Waals surface area contributed by atoms with E-state index in [4.69, 9.17) is 0 Å². The van der Waals surface area contributed by atoms with Gasteiger partial charge in [0.1, 0.15) is 5.65 Å². The normalized spacial score (nSPS) is 11.2. The highest BCUT2D eigenvalue weighted by Gasteiger charge is 2.12. The van der Waals surface area contributed by atoms with Crippen LogP contribution in [0.15, 0.2) is 42.7 Å². The van der Waals surface area contributed by atoms with Crippen molar-refractivity contribution in [2.24, 2.45) is 0 Å². The number of nitrogens with one attached hydrogen (secondary N) is 1. The Morgan fingerprint density at radius 1 is 1.12 bits per heavy atom. The van der Waals surface area contributed by atoms with Gasteiger partial charge in [-0.2, -0.15) is 0 Å². The molecule has 130 valence electrons. The number of pyridine rings is 1. The summed E-state index contributed by atoms with van der Waals surface area (Å²) in [6.45, 7) is 7.01. The summed E-state index contributed by atoms with van der Waals surface area (Å²) in [5.41, 5.74) is 6.12. The number of likely N-dealkylation sites (N-methyl/N-ethyl adjacent to an activating group) is 1. The van der Waals surface area contributed by atoms with Crippen molar-refractivity contribution >= 4 is 17.2 Å². The van der Waals surface area contributed by atoms with E-state index in [0.717, 1.165) is 33.7 Å². The van der Waals surface area contributed by atoms with Crippen molar-refractivity contribution in [2.75, 3.05) is 18.9 Å². The van der Waals surface area contributed by atoms with Crippen LogP contribution >= 0.6 is 0 Å². The number of imidazole rings is 1. The van der Waals surface area contributed by atoms with Crippen LogP contribution in [0.1, 0.15) is 22.4 Å². The summed E-state index contributed by atoms with van der Waals surface area (Å²) in [5.74, 6) is -0.0140. The first-order valence-electron chi connectivity index (χ1n) is 8.42. The van der Waals surface area contributed by atoms with Gasteiger partial charge in [-0.1, -0.05) is 24.3 Å². The zero-order valence-corrected chi connectivity index (χ0v) is 15.2. The molecule has 2 heterocycles. The molecule has 1 amide bonds. The minimum atomic E-state index is -0.0140. The zero-order valence-electron chi connectivity index (χ0n) is 15.2. The van der Waals surface area contributed by atoms with E-state index in [9.17, 15) is 4.79 Å². The summed E-state index contributed by atoms with van der Waals surface area (Å²) < 4.78 is 2.02. The van der Waals surface area contributed by atoms with Crippen LogP contribution in [0.2, 0.25) is 0 Å². The molecule has 0 aliphatic carbocycles. The molecule has 25 heavy (non-hydrogen) atoms. The van der Waals surface area contributed by atoms with E-state index in [1.165, 1.54) is 0 Å². The van der Waals surface area contributed by atoms with Gasteiger partial charge >= 0.3 is 0 Å². The molecule has 0 atom stereocenters. The molecule has 1 N–H and O–H groups in total. The molecule has 0 fully saturated rings. The molecule has 3 aromatic rings. The van der Waals surface area contributed by atoms with Gasteiger partial charge in [-0.25, -0.2) is 4.98 Å². The van der Waals surface area contributed by atoms with Crippen LogP contribution in [0.25, 0.3) is 5.65 Å². The Balaban J connectivity index is 1.64. The maximum absolute atomic E-state index is 12.4. The Hall–Kier alpha value is -2.66. The van der Waals surface area contributed by atoms with Gasteiger partial charge < -0.3 is 9.72 Å². The van der Waals surface area contributed by atoms with Gasteiger partial charge in [0.05, 0.1) is 12.2 Å². The molecule has 0 radical (unpaired) electrons. The van der Waals surface area contributed by atoms with E-state index in [-0.39, 0.29) is 5.91 Å². The van der Waals surface area contributed by atoms with Gasteiger partial charge in [-0.15, -0.1) is 0 Å². The lowest BCUT2D eigenvalue weighted by atomic mass is 10.1. The smallest absolute Gasteiger partial charge is 0.238 e. The predicted molar refractivity (Wildman–Crippen MR) is 101 cm³/mol. The Labute approximate surface area is 148 Å². The molecule has 1 aromatic carbocycles. The van der Waals surface area contributed by atoms with E-state index < -0.39 is 0 Å². The first-order valence-corrected chi connectivity index (χ1v) is 8.42. The fraction of sp³-hybridized carbons (Fsp3) is 0.300. The van der Waals surface area contributed by atoms with Gasteiger partial charge in [0.2, 0.25) is 5.91 Å². The highest BCUT2D eigenvalue weighted by Crippen LogP contribution is 2.19. The fourth-order valence-electron chi connectivity index (χ4n) is 3.05. The molecule has 0 bridgehead atoms. The van der Waals surface area contributed by atoms with E-state index in [1.807, 2.05) is 79.8 Å². The first-order chi connectivity index (χ1) is 11.9. The van der Waals surface area contributed by atoms with Crippen molar-refractivity contribution in [1.82, 2.24) is 14.3 Å². The third-order valence-corrected chi connectivity index (χ3v) is 4.32. The molecule has 2 aromatic heterocycles. The molecular formula is C20H24N4O. The lowest BCUT2D eigenvalue weighted by Gasteiger charge is -2.16. The molecule has 5 heteroatoms. The van der Waals surface area contributed by atoms with E-state index in [0.29, 0.717) is 13.1 Å². The average Bonchev–Trinajstić information content (AvgIpc) is 2.94. The van der Waals surface area contributed by atoms with Gasteiger partial charge in [-0.05, 0) is 50.6 Å². The van der Waals surface area contributed by atoms with Gasteiger partial charge in [0, 0.05) is 24.6 Å². The van der Waals surface area contributed by atoms with Crippen molar-refractivity contribution in [3.63, 3.8) is 0 Å². The second-order valence-corrected chi connectivity index (χ2v) is 6.64. The topological polar surface area (TPSA) is 49.6 Å². The summed E-state index contributed by atoms with van der Waals surface area (Å²) in [4.78, 5) is 19.0. The van der Waals surface area contributed by atoms with Crippen molar-refractivity contribution in [3.8, 4) is 0 Å². The number of aromatic nitrogens is 2. The second kappa shape index (κ2) is 7.07. The number of fused-ring (bicyclic) bond motifs is 1. The summed E-state index contributed by atoms with van der Waals surface area (Å²) in [6.07, 6.45) is 4.01. The van der Waals surface area contributed by atoms with E-state index >= 15 is 0 Å². The largest absolute Gasteiger partial charge is 0.324 e. The average molecular weight is 336 g/mol. The number of benzene rings is 1. The molecule has 0 unspecified atom stereocenters. The monoisotopic (exact) mass is 336 g/mol. The van der Waals surface area contributed by atoms with Crippen molar-refractivity contribution in [2.45, 2.75) is 27.3 Å². The molecule has 5 nitrogen and oxygen atoms in total. The van der Waals surface area contributed by atoms with E-state index in [2.05, 4.69) is 10.3 Å². The molecule has 0 aliphatic heterocycles. The van der Waals surface area contributed by atoms with Gasteiger partial charge in [0.25, 0.3) is 0 Å². The Morgan fingerprint density at radius 3 is 2.48 bits per heavy atom. The summed E-state index contributed by atoms with van der Waals surface area (Å²) >= 11 is 0. The molecule has 3 rings (SSSR count). The number of amides is 1. The summed E-state index contributed by atoms with van der Waals surface area (Å²) in [6, 6.07) is 10.1. The number of nitrogens with zero attached hydrogens (tertiary/aromatic N) is 3. The number of hydrogen-bond acceptors (Lipinski definition) is 3. The van der Waals surface area contributed by atoms with Crippen LogP contribution in [0.4, 0.5) is 5.69 Å². The summed E-state index contributed by atoms with van der Waals surface area (Å²) in [5, 5.41) is 3.02. The molecular weight excluding hydrogens is 312 g/mol. The lowest BCUT2D eigenvalue weighted by Crippen LogP contribution is -2.30. The third kappa shape index (κ3) is 3.88. The molecule has 0 spiro atoms. The van der Waals surface area contributed by atoms with Crippen LogP contribution in [0.3, 0.4) is 0 Å². The zero-order chi connectivity index (χ0) is 18.0. The van der Waals surface area contributed by atoms with Crippen LogP contribution in [0.5, 0.6) is 0 Å². The summed E-state index contributed by atoms with van der Waals surface area (Å²) in [7, 11) is 1.93. The van der Waals surface area contributed by atoms with Crippen LogP contribution in [-0.2, 0) is 11.3 Å². The third-order valence-electron chi connectivity index (χ3n) is 4.32. The number of rotatable bonds is 5. The van der Waals surface area contributed by atoms with Gasteiger partial charge in [-0.3, -0.25) is 9.69 Å². The van der Waals surface area contributed by atoms with Crippen LogP contribution in [-0.4, -0.2) is 33.8 Å². The quantitative estimate of drug-likeness (QED) is 0.777. The Bertz CT molecular complexity index is 893. The molecule has 0 saturated carbocycles. The number of carbonyl (C=O) groups is 1. The highest BCUT2D eigenvalue weighted by atomic mass is 16.2. The number of aryl methyl sites for hydroxylation is 3. The van der Waals surface area contributed by atoms with E-state index in [1.54, 1.807) is 0 Å². The highest BCUT2D eigenvalue weighted by molar-refractivity contribution is 5.93. The number of carbonyl (C=O) groups excluding carboxylic acids is 1. The SMILES string of the molecule is Cc1cccc(C)c1NC(=O)CN(C)Cc1cn2cccc(C)c2n1. The van der Waals surface area contributed by atoms with Crippen LogP contribution in [0, 0.1) is 20.8 Å². The predicted octanol–water partition coefficient (Wildman–Crippen LogP) is 3.33. The maximum Gasteiger partial charge on any atom is 0.238 e. The Morgan fingerprint density at radius 2 is 1.80 bits per heavy atom. The minimum absolute atomic E-state index is 0.0140. The number of para-hydroxylation sites is 1. The molecule has 0 saturated heterocycles. The number of hydrogen-bond donors (Lipinski definition) is 1. The molecule has 0 aliphatic rings. The lowest BCUT2D eigenvalue weighted by molar-refractivity contribution is -0.117. The number of anilines is 1. The van der Waals surface area contributed by atoms with Crippen molar-refractivity contribution in [1.29, 1.82) is 0 Å². The van der Waals surface area contributed by atoms with Crippen molar-refractivity contribution in [3.05, 3.63) is 65.1 Å². The second-order valence-electron chi connectivity index (χ2n) is 6.64. The first kappa shape index (κ1) is 17.2. The Kier molecular flexibility index (Phi) is 4.86. The van der Waals surface area contributed by atoms with Crippen LogP contribution < -0.4 is 5.32 Å². The fourth-order valence-corrected chi connectivity index (χ4v) is 3.05.